The van der Waals surface area contributed by atoms with Crippen LogP contribution in [0.1, 0.15) is 6.92 Å². The maximum atomic E-state index is 12.6. The second-order valence-corrected chi connectivity index (χ2v) is 8.47. The lowest BCUT2D eigenvalue weighted by Gasteiger charge is -2.13. The van der Waals surface area contributed by atoms with Crippen molar-refractivity contribution in [2.45, 2.75) is 17.0 Å². The number of rotatable bonds is 8. The number of sulfonamides is 1. The van der Waals surface area contributed by atoms with Crippen LogP contribution >= 0.6 is 11.8 Å². The van der Waals surface area contributed by atoms with Crippen molar-refractivity contribution in [3.63, 3.8) is 0 Å². The molecular weight excluding hydrogens is 388 g/mol. The summed E-state index contributed by atoms with van der Waals surface area (Å²) in [5.41, 5.74) is 1.98. The molecule has 0 bridgehead atoms. The summed E-state index contributed by atoms with van der Waals surface area (Å²) < 4.78 is 34.5. The first-order valence-electron chi connectivity index (χ1n) is 8.26. The van der Waals surface area contributed by atoms with Crippen LogP contribution in [0.15, 0.2) is 46.7 Å². The number of benzene rings is 1. The Bertz CT molecular complexity index is 1050. The molecule has 2 heterocycles. The molecule has 27 heavy (non-hydrogen) atoms. The Morgan fingerprint density at radius 2 is 2.15 bits per heavy atom. The van der Waals surface area contributed by atoms with Crippen LogP contribution in [-0.4, -0.2) is 53.9 Å². The second-order valence-electron chi connectivity index (χ2n) is 5.50. The number of aliphatic hydroxyl groups is 1. The largest absolute Gasteiger partial charge is 0.495 e. The maximum Gasteiger partial charge on any atom is 0.244 e. The Morgan fingerprint density at radius 3 is 2.85 bits per heavy atom. The third-order valence-corrected chi connectivity index (χ3v) is 6.10. The van der Waals surface area contributed by atoms with Crippen LogP contribution in [0.3, 0.4) is 0 Å². The topological polar surface area (TPSA) is 106 Å². The van der Waals surface area contributed by atoms with Crippen molar-refractivity contribution in [2.75, 3.05) is 26.0 Å². The summed E-state index contributed by atoms with van der Waals surface area (Å²) in [7, 11) is -2.43. The normalized spacial score (nSPS) is 11.8. The first-order valence-corrected chi connectivity index (χ1v) is 10.7. The summed E-state index contributed by atoms with van der Waals surface area (Å²) >= 11 is 1.58. The minimum absolute atomic E-state index is 0.00865. The number of methoxy groups -OCH3 is 1. The van der Waals surface area contributed by atoms with Crippen molar-refractivity contribution >= 4 is 27.4 Å². The average molecular weight is 409 g/mol. The van der Waals surface area contributed by atoms with Gasteiger partial charge in [-0.1, -0.05) is 18.7 Å². The van der Waals surface area contributed by atoms with E-state index in [4.69, 9.17) is 9.84 Å². The van der Waals surface area contributed by atoms with Gasteiger partial charge >= 0.3 is 0 Å². The molecule has 0 saturated carbocycles. The highest BCUT2D eigenvalue weighted by atomic mass is 32.2. The summed E-state index contributed by atoms with van der Waals surface area (Å²) in [5, 5.41) is 9.70. The summed E-state index contributed by atoms with van der Waals surface area (Å²) in [4.78, 5) is 8.97. The third-order valence-electron chi connectivity index (χ3n) is 3.78. The molecule has 0 aliphatic rings. The number of fused-ring (bicyclic) bond motifs is 1. The van der Waals surface area contributed by atoms with Gasteiger partial charge < -0.3 is 9.84 Å². The highest BCUT2D eigenvalue weighted by Gasteiger charge is 2.21. The predicted octanol–water partition coefficient (Wildman–Crippen LogP) is 1.79. The monoisotopic (exact) mass is 408 g/mol. The number of nitrogens with one attached hydrogen (secondary N) is 1. The van der Waals surface area contributed by atoms with E-state index in [-0.39, 0.29) is 23.8 Å². The van der Waals surface area contributed by atoms with Gasteiger partial charge in [0.2, 0.25) is 10.0 Å². The minimum Gasteiger partial charge on any atom is -0.495 e. The summed E-state index contributed by atoms with van der Waals surface area (Å²) in [6, 6.07) is 6.67. The van der Waals surface area contributed by atoms with Crippen molar-refractivity contribution in [1.29, 1.82) is 0 Å². The minimum atomic E-state index is -3.84. The van der Waals surface area contributed by atoms with E-state index in [1.807, 2.05) is 17.5 Å². The first-order chi connectivity index (χ1) is 13.0. The molecule has 0 spiro atoms. The molecule has 0 aliphatic carbocycles. The van der Waals surface area contributed by atoms with Crippen LogP contribution in [0.5, 0.6) is 5.75 Å². The van der Waals surface area contributed by atoms with Crippen LogP contribution in [-0.2, 0) is 10.0 Å². The van der Waals surface area contributed by atoms with E-state index in [1.54, 1.807) is 36.2 Å². The fourth-order valence-electron chi connectivity index (χ4n) is 2.58. The number of thioether (sulfide) groups is 1. The molecule has 1 aromatic carbocycles. The van der Waals surface area contributed by atoms with Crippen molar-refractivity contribution in [2.24, 2.45) is 0 Å². The Morgan fingerprint density at radius 1 is 1.33 bits per heavy atom. The molecule has 0 unspecified atom stereocenters. The first kappa shape index (κ1) is 19.6. The van der Waals surface area contributed by atoms with Crippen molar-refractivity contribution in [1.82, 2.24) is 19.1 Å². The Hall–Kier alpha value is -2.14. The van der Waals surface area contributed by atoms with Crippen LogP contribution in [0.4, 0.5) is 0 Å². The third kappa shape index (κ3) is 4.08. The van der Waals surface area contributed by atoms with Gasteiger partial charge in [-0.05, 0) is 24.0 Å². The van der Waals surface area contributed by atoms with Crippen molar-refractivity contribution in [3.05, 3.63) is 36.7 Å². The van der Waals surface area contributed by atoms with E-state index < -0.39 is 10.0 Å². The van der Waals surface area contributed by atoms with Gasteiger partial charge in [0.05, 0.1) is 19.4 Å². The van der Waals surface area contributed by atoms with Gasteiger partial charge in [-0.3, -0.25) is 4.40 Å². The standard InChI is InChI=1S/C17H20N4O4S2/c1-3-26-17-20-13(11-16-18-6-8-21(16)17)12-4-5-14(25-2)15(10-12)27(23,24)19-7-9-22/h4-6,8,10-11,19,22H,3,7,9H2,1-2H3. The van der Waals surface area contributed by atoms with Crippen LogP contribution in [0.25, 0.3) is 16.9 Å². The lowest BCUT2D eigenvalue weighted by molar-refractivity contribution is 0.301. The van der Waals surface area contributed by atoms with E-state index in [1.165, 1.54) is 13.2 Å². The fraction of sp³-hybridized carbons (Fsp3) is 0.294. The predicted molar refractivity (Wildman–Crippen MR) is 104 cm³/mol. The number of hydrogen-bond acceptors (Lipinski definition) is 7. The van der Waals surface area contributed by atoms with Gasteiger partial charge in [0.15, 0.2) is 5.16 Å². The molecule has 3 rings (SSSR count). The summed E-state index contributed by atoms with van der Waals surface area (Å²) in [5.74, 6) is 1.06. The molecule has 3 aromatic rings. The van der Waals surface area contributed by atoms with Crippen LogP contribution in [0, 0.1) is 0 Å². The zero-order valence-corrected chi connectivity index (χ0v) is 16.5. The molecule has 10 heteroatoms. The zero-order valence-electron chi connectivity index (χ0n) is 14.9. The van der Waals surface area contributed by atoms with E-state index in [0.717, 1.165) is 16.6 Å². The zero-order chi connectivity index (χ0) is 19.4. The van der Waals surface area contributed by atoms with Gasteiger partial charge in [-0.15, -0.1) is 0 Å². The summed E-state index contributed by atoms with van der Waals surface area (Å²) in [6.45, 7) is 1.66. The van der Waals surface area contributed by atoms with E-state index in [2.05, 4.69) is 14.7 Å². The van der Waals surface area contributed by atoms with Crippen LogP contribution in [0.2, 0.25) is 0 Å². The van der Waals surface area contributed by atoms with Gasteiger partial charge in [0.1, 0.15) is 16.3 Å². The smallest absolute Gasteiger partial charge is 0.244 e. The highest BCUT2D eigenvalue weighted by molar-refractivity contribution is 7.99. The molecule has 8 nitrogen and oxygen atoms in total. The lowest BCUT2D eigenvalue weighted by Crippen LogP contribution is -2.27. The number of ether oxygens (including phenoxy) is 1. The second kappa shape index (κ2) is 8.26. The number of hydrogen-bond donors (Lipinski definition) is 2. The molecular formula is C17H20N4O4S2. The van der Waals surface area contributed by atoms with Crippen LogP contribution < -0.4 is 9.46 Å². The Labute approximate surface area is 161 Å². The SMILES string of the molecule is CCSc1nc(-c2ccc(OC)c(S(=O)(=O)NCCO)c2)cc2nccn12. The van der Waals surface area contributed by atoms with E-state index in [0.29, 0.717) is 11.3 Å². The highest BCUT2D eigenvalue weighted by Crippen LogP contribution is 2.30. The van der Waals surface area contributed by atoms with Crippen molar-refractivity contribution < 1.29 is 18.3 Å². The van der Waals surface area contributed by atoms with Gasteiger partial charge in [-0.2, -0.15) is 0 Å². The number of nitrogens with zero attached hydrogens (tertiary/aromatic N) is 3. The molecule has 2 aromatic heterocycles. The molecule has 0 radical (unpaired) electrons. The molecule has 144 valence electrons. The molecule has 2 N–H and O–H groups in total. The number of aromatic nitrogens is 3. The van der Waals surface area contributed by atoms with Crippen molar-refractivity contribution in [3.8, 4) is 17.0 Å². The summed E-state index contributed by atoms with van der Waals surface area (Å²) in [6.07, 6.45) is 3.54. The Balaban J connectivity index is 2.12. The lowest BCUT2D eigenvalue weighted by atomic mass is 10.1. The van der Waals surface area contributed by atoms with Gasteiger partial charge in [0, 0.05) is 30.6 Å². The van der Waals surface area contributed by atoms with E-state index >= 15 is 0 Å². The number of aliphatic hydroxyl groups excluding tert-OH is 1. The quantitative estimate of drug-likeness (QED) is 0.432. The Kier molecular flexibility index (Phi) is 6.00. The van der Waals surface area contributed by atoms with Gasteiger partial charge in [0.25, 0.3) is 0 Å². The molecule has 0 atom stereocenters. The van der Waals surface area contributed by atoms with Gasteiger partial charge in [-0.25, -0.2) is 23.1 Å². The van der Waals surface area contributed by atoms with E-state index in [9.17, 15) is 8.42 Å². The molecule has 0 amide bonds. The molecule has 0 aliphatic heterocycles. The maximum absolute atomic E-state index is 12.6. The molecule has 0 fully saturated rings. The number of imidazole rings is 1. The fourth-order valence-corrected chi connectivity index (χ4v) is 4.51. The molecule has 0 saturated heterocycles. The average Bonchev–Trinajstić information content (AvgIpc) is 3.15.